The fraction of sp³-hybridized carbons (Fsp3) is 0.400. The largest absolute Gasteiger partial charge is 0.481 e. The van der Waals surface area contributed by atoms with Crippen LogP contribution in [0.3, 0.4) is 0 Å². The summed E-state index contributed by atoms with van der Waals surface area (Å²) in [5.74, 6) is 1.20. The number of furan rings is 1. The molecule has 0 atom stereocenters. The zero-order chi connectivity index (χ0) is 15.5. The third kappa shape index (κ3) is 2.88. The van der Waals surface area contributed by atoms with E-state index in [-0.39, 0.29) is 5.91 Å². The molecule has 7 nitrogen and oxygen atoms in total. The molecule has 1 fully saturated rings. The first-order valence-electron chi connectivity index (χ1n) is 7.13. The summed E-state index contributed by atoms with van der Waals surface area (Å²) in [4.78, 5) is 24.9. The minimum atomic E-state index is -0.00357. The Labute approximate surface area is 128 Å². The Hall–Kier alpha value is -2.57. The molecule has 0 bridgehead atoms. The van der Waals surface area contributed by atoms with Crippen molar-refractivity contribution in [3.63, 3.8) is 0 Å². The van der Waals surface area contributed by atoms with Gasteiger partial charge in [-0.3, -0.25) is 4.79 Å². The Balaban J connectivity index is 1.67. The molecule has 22 heavy (non-hydrogen) atoms. The van der Waals surface area contributed by atoms with E-state index in [1.54, 1.807) is 19.2 Å². The average Bonchev–Trinajstić information content (AvgIpc) is 3.08. The van der Waals surface area contributed by atoms with Crippen molar-refractivity contribution < 1.29 is 13.9 Å². The molecule has 0 radical (unpaired) electrons. The molecule has 2 aromatic heterocycles. The molecule has 1 amide bonds. The molecule has 0 aliphatic carbocycles. The van der Waals surface area contributed by atoms with Crippen molar-refractivity contribution in [2.75, 3.05) is 38.2 Å². The lowest BCUT2D eigenvalue weighted by Gasteiger charge is -2.34. The van der Waals surface area contributed by atoms with Crippen molar-refractivity contribution >= 4 is 11.9 Å². The highest BCUT2D eigenvalue weighted by Crippen LogP contribution is 2.17. The van der Waals surface area contributed by atoms with Gasteiger partial charge < -0.3 is 19.0 Å². The number of carbonyl (C=O) groups is 1. The van der Waals surface area contributed by atoms with Crippen LogP contribution in [0.15, 0.2) is 29.1 Å². The summed E-state index contributed by atoms with van der Waals surface area (Å²) in [7, 11) is 1.59. The van der Waals surface area contributed by atoms with Gasteiger partial charge in [0.2, 0.25) is 11.8 Å². The van der Waals surface area contributed by atoms with E-state index in [1.165, 1.54) is 12.5 Å². The van der Waals surface area contributed by atoms with Crippen LogP contribution in [-0.4, -0.2) is 54.1 Å². The van der Waals surface area contributed by atoms with Crippen LogP contribution in [0, 0.1) is 6.92 Å². The van der Waals surface area contributed by atoms with Crippen LogP contribution >= 0.6 is 0 Å². The highest BCUT2D eigenvalue weighted by molar-refractivity contribution is 5.93. The number of hydrogen-bond acceptors (Lipinski definition) is 6. The van der Waals surface area contributed by atoms with Crippen LogP contribution in [0.4, 0.5) is 5.95 Å². The number of aromatic nitrogens is 2. The van der Waals surface area contributed by atoms with Crippen LogP contribution < -0.4 is 9.64 Å². The predicted octanol–water partition coefficient (Wildman–Crippen LogP) is 1.35. The number of piperazine rings is 1. The number of amides is 1. The lowest BCUT2D eigenvalue weighted by molar-refractivity contribution is 0.0745. The van der Waals surface area contributed by atoms with Crippen LogP contribution in [0.1, 0.15) is 16.1 Å². The minimum Gasteiger partial charge on any atom is -0.481 e. The van der Waals surface area contributed by atoms with Gasteiger partial charge in [-0.1, -0.05) is 0 Å². The Morgan fingerprint density at radius 3 is 2.68 bits per heavy atom. The number of aryl methyl sites for hydroxylation is 1. The first-order chi connectivity index (χ1) is 10.7. The molecular formula is C15H18N4O3. The molecule has 1 aliphatic heterocycles. The predicted molar refractivity (Wildman–Crippen MR) is 80.1 cm³/mol. The van der Waals surface area contributed by atoms with Crippen molar-refractivity contribution in [2.24, 2.45) is 0 Å². The summed E-state index contributed by atoms with van der Waals surface area (Å²) in [6.45, 7) is 4.55. The first kappa shape index (κ1) is 14.4. The van der Waals surface area contributed by atoms with E-state index < -0.39 is 0 Å². The summed E-state index contributed by atoms with van der Waals surface area (Å²) in [5.41, 5.74) is 1.45. The highest BCUT2D eigenvalue weighted by Gasteiger charge is 2.24. The van der Waals surface area contributed by atoms with Gasteiger partial charge >= 0.3 is 0 Å². The standard InChI is InChI=1S/C15H18N4O3/c1-11-9-13(21-2)17-15(16-11)19-6-4-18(5-7-19)14(20)12-3-8-22-10-12/h3,8-10H,4-7H2,1-2H3. The Morgan fingerprint density at radius 1 is 1.27 bits per heavy atom. The van der Waals surface area contributed by atoms with E-state index in [2.05, 4.69) is 14.9 Å². The molecule has 3 heterocycles. The Morgan fingerprint density at radius 2 is 2.05 bits per heavy atom. The molecule has 0 saturated carbocycles. The molecule has 2 aromatic rings. The smallest absolute Gasteiger partial charge is 0.257 e. The van der Waals surface area contributed by atoms with Crippen molar-refractivity contribution in [2.45, 2.75) is 6.92 Å². The van der Waals surface area contributed by atoms with Gasteiger partial charge in [0, 0.05) is 37.9 Å². The fourth-order valence-corrected chi connectivity index (χ4v) is 2.45. The Bertz CT molecular complexity index is 649. The molecule has 7 heteroatoms. The lowest BCUT2D eigenvalue weighted by Crippen LogP contribution is -2.49. The van der Waals surface area contributed by atoms with Crippen molar-refractivity contribution in [1.82, 2.24) is 14.9 Å². The second-order valence-corrected chi connectivity index (χ2v) is 5.14. The van der Waals surface area contributed by atoms with Crippen LogP contribution in [0.2, 0.25) is 0 Å². The molecule has 3 rings (SSSR count). The van der Waals surface area contributed by atoms with Crippen molar-refractivity contribution in [3.8, 4) is 5.88 Å². The third-order valence-electron chi connectivity index (χ3n) is 3.65. The zero-order valence-corrected chi connectivity index (χ0v) is 12.7. The molecule has 0 N–H and O–H groups in total. The van der Waals surface area contributed by atoms with E-state index in [1.807, 2.05) is 11.8 Å². The fourth-order valence-electron chi connectivity index (χ4n) is 2.45. The SMILES string of the molecule is COc1cc(C)nc(N2CCN(C(=O)c3ccoc3)CC2)n1. The van der Waals surface area contributed by atoms with Crippen LogP contribution in [0.5, 0.6) is 5.88 Å². The molecule has 116 valence electrons. The Kier molecular flexibility index (Phi) is 3.95. The van der Waals surface area contributed by atoms with Gasteiger partial charge in [-0.05, 0) is 13.0 Å². The second-order valence-electron chi connectivity index (χ2n) is 5.14. The summed E-state index contributed by atoms with van der Waals surface area (Å²) in [5, 5.41) is 0. The normalized spacial score (nSPS) is 15.0. The maximum atomic E-state index is 12.3. The number of hydrogen-bond donors (Lipinski definition) is 0. The number of anilines is 1. The minimum absolute atomic E-state index is 0.00357. The number of rotatable bonds is 3. The van der Waals surface area contributed by atoms with E-state index >= 15 is 0 Å². The topological polar surface area (TPSA) is 71.7 Å². The van der Waals surface area contributed by atoms with E-state index in [4.69, 9.17) is 9.15 Å². The monoisotopic (exact) mass is 302 g/mol. The van der Waals surface area contributed by atoms with Crippen molar-refractivity contribution in [1.29, 1.82) is 0 Å². The molecule has 0 spiro atoms. The maximum absolute atomic E-state index is 12.3. The highest BCUT2D eigenvalue weighted by atomic mass is 16.5. The van der Waals surface area contributed by atoms with Crippen molar-refractivity contribution in [3.05, 3.63) is 35.9 Å². The molecule has 0 aromatic carbocycles. The van der Waals surface area contributed by atoms with Crippen LogP contribution in [-0.2, 0) is 0 Å². The summed E-state index contributed by atoms with van der Waals surface area (Å²) >= 11 is 0. The van der Waals surface area contributed by atoms with Gasteiger partial charge in [0.05, 0.1) is 18.9 Å². The average molecular weight is 302 g/mol. The lowest BCUT2D eigenvalue weighted by atomic mass is 10.2. The summed E-state index contributed by atoms with van der Waals surface area (Å²) in [6, 6.07) is 3.48. The van der Waals surface area contributed by atoms with E-state index in [0.717, 1.165) is 5.69 Å². The summed E-state index contributed by atoms with van der Waals surface area (Å²) < 4.78 is 10.1. The van der Waals surface area contributed by atoms with E-state index in [9.17, 15) is 4.79 Å². The molecule has 1 saturated heterocycles. The second kappa shape index (κ2) is 6.05. The van der Waals surface area contributed by atoms with E-state index in [0.29, 0.717) is 43.6 Å². The number of nitrogens with zero attached hydrogens (tertiary/aromatic N) is 4. The molecule has 0 unspecified atom stereocenters. The van der Waals surface area contributed by atoms with Gasteiger partial charge in [-0.2, -0.15) is 4.98 Å². The quantitative estimate of drug-likeness (QED) is 0.852. The zero-order valence-electron chi connectivity index (χ0n) is 12.7. The number of methoxy groups -OCH3 is 1. The summed E-state index contributed by atoms with van der Waals surface area (Å²) in [6.07, 6.45) is 2.99. The third-order valence-corrected chi connectivity index (χ3v) is 3.65. The van der Waals surface area contributed by atoms with Gasteiger partial charge in [0.15, 0.2) is 0 Å². The van der Waals surface area contributed by atoms with Gasteiger partial charge in [0.25, 0.3) is 5.91 Å². The molecule has 1 aliphatic rings. The maximum Gasteiger partial charge on any atom is 0.257 e. The van der Waals surface area contributed by atoms with Gasteiger partial charge in [0.1, 0.15) is 6.26 Å². The van der Waals surface area contributed by atoms with Crippen LogP contribution in [0.25, 0.3) is 0 Å². The molecular weight excluding hydrogens is 284 g/mol. The number of ether oxygens (including phenoxy) is 1. The first-order valence-corrected chi connectivity index (χ1v) is 7.13. The van der Waals surface area contributed by atoms with Gasteiger partial charge in [-0.25, -0.2) is 4.98 Å². The van der Waals surface area contributed by atoms with Gasteiger partial charge in [-0.15, -0.1) is 0 Å². The number of carbonyl (C=O) groups excluding carboxylic acids is 1.